The van der Waals surface area contributed by atoms with E-state index in [9.17, 15) is 9.90 Å². The van der Waals surface area contributed by atoms with E-state index in [1.807, 2.05) is 21.0 Å². The van der Waals surface area contributed by atoms with Crippen molar-refractivity contribution >= 4 is 5.97 Å². The molecule has 0 bridgehead atoms. The molecule has 1 aliphatic carbocycles. The van der Waals surface area contributed by atoms with Gasteiger partial charge in [-0.05, 0) is 59.3 Å². The van der Waals surface area contributed by atoms with Gasteiger partial charge in [-0.3, -0.25) is 4.79 Å². The highest BCUT2D eigenvalue weighted by Gasteiger charge is 2.46. The number of nitrogens with one attached hydrogen (secondary N) is 1. The molecule has 1 fully saturated rings. The second-order valence-corrected chi connectivity index (χ2v) is 4.87. The number of hydrogen-bond donors (Lipinski definition) is 2. The van der Waals surface area contributed by atoms with Gasteiger partial charge in [0.25, 0.3) is 0 Å². The van der Waals surface area contributed by atoms with E-state index in [-0.39, 0.29) is 0 Å². The largest absolute Gasteiger partial charge is 0.480 e. The average Bonchev–Trinajstić information content (AvgIpc) is 2.94. The Bertz CT molecular complexity index is 227. The maximum atomic E-state index is 11.2. The molecule has 0 aliphatic heterocycles. The van der Waals surface area contributed by atoms with Gasteiger partial charge in [-0.1, -0.05) is 0 Å². The predicted octanol–water partition coefficient (Wildman–Crippen LogP) is 0.781. The highest BCUT2D eigenvalue weighted by atomic mass is 16.4. The summed E-state index contributed by atoms with van der Waals surface area (Å²) in [6, 6.07) is 0. The molecule has 88 valence electrons. The zero-order valence-electron chi connectivity index (χ0n) is 9.92. The minimum atomic E-state index is -0.713. The Morgan fingerprint density at radius 3 is 2.53 bits per heavy atom. The topological polar surface area (TPSA) is 52.6 Å². The molecule has 0 saturated heterocycles. The Balaban J connectivity index is 2.30. The number of nitrogens with zero attached hydrogens (tertiary/aromatic N) is 1. The molecule has 0 aromatic carbocycles. The van der Waals surface area contributed by atoms with Crippen LogP contribution >= 0.6 is 0 Å². The fourth-order valence-corrected chi connectivity index (χ4v) is 1.80. The quantitative estimate of drug-likeness (QED) is 0.615. The first-order valence-electron chi connectivity index (χ1n) is 5.60. The van der Waals surface area contributed by atoms with E-state index in [4.69, 9.17) is 0 Å². The number of carbonyl (C=O) groups is 1. The SMILES string of the molecule is CN(C)CCCNC(C)(C(=O)O)C1CC1. The summed E-state index contributed by atoms with van der Waals surface area (Å²) in [4.78, 5) is 13.3. The monoisotopic (exact) mass is 214 g/mol. The summed E-state index contributed by atoms with van der Waals surface area (Å²) in [5, 5.41) is 12.4. The zero-order valence-corrected chi connectivity index (χ0v) is 9.92. The van der Waals surface area contributed by atoms with Crippen molar-refractivity contribution in [2.24, 2.45) is 5.92 Å². The Hall–Kier alpha value is -0.610. The van der Waals surface area contributed by atoms with Crippen LogP contribution in [0, 0.1) is 5.92 Å². The molecule has 1 unspecified atom stereocenters. The van der Waals surface area contributed by atoms with Crippen LogP contribution in [0.4, 0.5) is 0 Å². The van der Waals surface area contributed by atoms with Gasteiger partial charge in [-0.15, -0.1) is 0 Å². The predicted molar refractivity (Wildman–Crippen MR) is 59.9 cm³/mol. The van der Waals surface area contributed by atoms with Gasteiger partial charge in [-0.25, -0.2) is 0 Å². The van der Waals surface area contributed by atoms with Crippen LogP contribution in [-0.4, -0.2) is 48.7 Å². The van der Waals surface area contributed by atoms with E-state index in [1.165, 1.54) is 0 Å². The molecular formula is C11H22N2O2. The van der Waals surface area contributed by atoms with Crippen molar-refractivity contribution in [3.8, 4) is 0 Å². The van der Waals surface area contributed by atoms with Gasteiger partial charge in [0, 0.05) is 0 Å². The van der Waals surface area contributed by atoms with Crippen molar-refractivity contribution in [1.29, 1.82) is 0 Å². The second kappa shape index (κ2) is 4.94. The Morgan fingerprint density at radius 1 is 1.53 bits per heavy atom. The molecule has 0 aromatic heterocycles. The van der Waals surface area contributed by atoms with E-state index in [1.54, 1.807) is 0 Å². The van der Waals surface area contributed by atoms with Gasteiger partial charge in [0.1, 0.15) is 5.54 Å². The minimum absolute atomic E-state index is 0.328. The highest BCUT2D eigenvalue weighted by Crippen LogP contribution is 2.39. The first-order valence-corrected chi connectivity index (χ1v) is 5.60. The molecule has 4 nitrogen and oxygen atoms in total. The summed E-state index contributed by atoms with van der Waals surface area (Å²) in [5.74, 6) is -0.385. The van der Waals surface area contributed by atoms with Gasteiger partial charge in [0.15, 0.2) is 0 Å². The summed E-state index contributed by atoms with van der Waals surface area (Å²) in [5.41, 5.74) is -0.702. The molecule has 1 rings (SSSR count). The Kier molecular flexibility index (Phi) is 4.11. The van der Waals surface area contributed by atoms with Crippen LogP contribution in [-0.2, 0) is 4.79 Å². The van der Waals surface area contributed by atoms with E-state index in [0.717, 1.165) is 32.4 Å². The van der Waals surface area contributed by atoms with E-state index < -0.39 is 11.5 Å². The molecular weight excluding hydrogens is 192 g/mol. The van der Waals surface area contributed by atoms with Crippen molar-refractivity contribution in [2.45, 2.75) is 31.7 Å². The molecule has 0 radical (unpaired) electrons. The van der Waals surface area contributed by atoms with Crippen molar-refractivity contribution in [1.82, 2.24) is 10.2 Å². The molecule has 1 aliphatic rings. The summed E-state index contributed by atoms with van der Waals surface area (Å²) in [7, 11) is 4.05. The molecule has 4 heteroatoms. The van der Waals surface area contributed by atoms with Crippen molar-refractivity contribution in [3.63, 3.8) is 0 Å². The summed E-state index contributed by atoms with van der Waals surface area (Å²) in [6.07, 6.45) is 3.08. The molecule has 0 heterocycles. The zero-order chi connectivity index (χ0) is 11.5. The van der Waals surface area contributed by atoms with Gasteiger partial charge < -0.3 is 15.3 Å². The lowest BCUT2D eigenvalue weighted by molar-refractivity contribution is -0.145. The fraction of sp³-hybridized carbons (Fsp3) is 0.909. The maximum absolute atomic E-state index is 11.2. The van der Waals surface area contributed by atoms with Crippen molar-refractivity contribution in [2.75, 3.05) is 27.2 Å². The third kappa shape index (κ3) is 3.47. The summed E-state index contributed by atoms with van der Waals surface area (Å²) < 4.78 is 0. The second-order valence-electron chi connectivity index (χ2n) is 4.87. The van der Waals surface area contributed by atoms with Crippen LogP contribution in [0.2, 0.25) is 0 Å². The fourth-order valence-electron chi connectivity index (χ4n) is 1.80. The maximum Gasteiger partial charge on any atom is 0.323 e. The molecule has 1 saturated carbocycles. The van der Waals surface area contributed by atoms with Gasteiger partial charge in [0.2, 0.25) is 0 Å². The van der Waals surface area contributed by atoms with Gasteiger partial charge in [-0.2, -0.15) is 0 Å². The van der Waals surface area contributed by atoms with Crippen molar-refractivity contribution < 1.29 is 9.90 Å². The van der Waals surface area contributed by atoms with Crippen LogP contribution in [0.15, 0.2) is 0 Å². The van der Waals surface area contributed by atoms with E-state index in [0.29, 0.717) is 5.92 Å². The van der Waals surface area contributed by atoms with Crippen LogP contribution in [0.1, 0.15) is 26.2 Å². The van der Waals surface area contributed by atoms with Crippen LogP contribution in [0.5, 0.6) is 0 Å². The molecule has 15 heavy (non-hydrogen) atoms. The lowest BCUT2D eigenvalue weighted by Crippen LogP contribution is -2.52. The number of aliphatic carboxylic acids is 1. The third-order valence-electron chi connectivity index (χ3n) is 3.11. The molecule has 0 aromatic rings. The third-order valence-corrected chi connectivity index (χ3v) is 3.11. The van der Waals surface area contributed by atoms with E-state index in [2.05, 4.69) is 10.2 Å². The molecule has 0 amide bonds. The summed E-state index contributed by atoms with van der Waals surface area (Å²) >= 11 is 0. The molecule has 2 N–H and O–H groups in total. The average molecular weight is 214 g/mol. The van der Waals surface area contributed by atoms with E-state index >= 15 is 0 Å². The number of rotatable bonds is 7. The number of carboxylic acids is 1. The number of carboxylic acid groups (broad SMARTS) is 1. The van der Waals surface area contributed by atoms with Gasteiger partial charge >= 0.3 is 5.97 Å². The van der Waals surface area contributed by atoms with Crippen LogP contribution < -0.4 is 5.32 Å². The number of hydrogen-bond acceptors (Lipinski definition) is 3. The Labute approximate surface area is 91.6 Å². The smallest absolute Gasteiger partial charge is 0.323 e. The van der Waals surface area contributed by atoms with Crippen LogP contribution in [0.3, 0.4) is 0 Å². The first-order chi connectivity index (χ1) is 6.97. The first kappa shape index (κ1) is 12.5. The summed E-state index contributed by atoms with van der Waals surface area (Å²) in [6.45, 7) is 3.58. The lowest BCUT2D eigenvalue weighted by atomic mass is 9.96. The Morgan fingerprint density at radius 2 is 2.13 bits per heavy atom. The van der Waals surface area contributed by atoms with Gasteiger partial charge in [0.05, 0.1) is 0 Å². The molecule has 1 atom stereocenters. The molecule has 0 spiro atoms. The van der Waals surface area contributed by atoms with Crippen LogP contribution in [0.25, 0.3) is 0 Å². The minimum Gasteiger partial charge on any atom is -0.480 e. The lowest BCUT2D eigenvalue weighted by Gasteiger charge is -2.26. The highest BCUT2D eigenvalue weighted by molar-refractivity contribution is 5.79. The standard InChI is InChI=1S/C11H22N2O2/c1-11(10(14)15,9-5-6-9)12-7-4-8-13(2)3/h9,12H,4-8H2,1-3H3,(H,14,15). The van der Waals surface area contributed by atoms with Crippen molar-refractivity contribution in [3.05, 3.63) is 0 Å². The normalized spacial score (nSPS) is 20.3.